The van der Waals surface area contributed by atoms with Gasteiger partial charge in [-0.2, -0.15) is 0 Å². The van der Waals surface area contributed by atoms with Gasteiger partial charge in [0.25, 0.3) is 0 Å². The van der Waals surface area contributed by atoms with Gasteiger partial charge in [0.1, 0.15) is 5.75 Å². The Labute approximate surface area is 190 Å². The monoisotopic (exact) mass is 444 g/mol. The maximum absolute atomic E-state index is 11.3. The number of aromatic nitrogens is 1. The molecule has 1 N–H and O–H groups in total. The van der Waals surface area contributed by atoms with E-state index >= 15 is 0 Å². The Hall–Kier alpha value is -2.08. The molecule has 0 amide bonds. The minimum absolute atomic E-state index is 0.310. The van der Waals surface area contributed by atoms with Crippen LogP contribution in [0.25, 0.3) is 11.3 Å². The van der Waals surface area contributed by atoms with Crippen LogP contribution in [0.4, 0.5) is 5.13 Å². The van der Waals surface area contributed by atoms with Crippen molar-refractivity contribution in [3.63, 3.8) is 0 Å². The highest BCUT2D eigenvalue weighted by Crippen LogP contribution is 2.39. The number of aliphatic carboxylic acids is 1. The first kappa shape index (κ1) is 23.6. The van der Waals surface area contributed by atoms with E-state index in [-0.39, 0.29) is 5.92 Å². The molecule has 5 nitrogen and oxygen atoms in total. The van der Waals surface area contributed by atoms with Crippen LogP contribution in [0.2, 0.25) is 0 Å². The van der Waals surface area contributed by atoms with Gasteiger partial charge in [-0.15, -0.1) is 11.3 Å². The Morgan fingerprint density at radius 2 is 1.87 bits per heavy atom. The molecule has 1 aromatic carbocycles. The van der Waals surface area contributed by atoms with Crippen LogP contribution in [0.3, 0.4) is 0 Å². The van der Waals surface area contributed by atoms with Gasteiger partial charge in [-0.3, -0.25) is 4.79 Å². The van der Waals surface area contributed by atoms with Crippen molar-refractivity contribution in [2.24, 2.45) is 17.3 Å². The Morgan fingerprint density at radius 3 is 2.42 bits per heavy atom. The molecule has 1 fully saturated rings. The molecule has 31 heavy (non-hydrogen) atoms. The molecule has 0 bridgehead atoms. The van der Waals surface area contributed by atoms with Gasteiger partial charge < -0.3 is 14.7 Å². The second kappa shape index (κ2) is 10.0. The fraction of sp³-hybridized carbons (Fsp3) is 0.600. The topological polar surface area (TPSA) is 62.7 Å². The first-order chi connectivity index (χ1) is 14.7. The van der Waals surface area contributed by atoms with Crippen LogP contribution in [0.15, 0.2) is 29.6 Å². The van der Waals surface area contributed by atoms with E-state index in [9.17, 15) is 9.90 Å². The summed E-state index contributed by atoms with van der Waals surface area (Å²) in [7, 11) is 1.90. The van der Waals surface area contributed by atoms with E-state index in [0.29, 0.717) is 24.5 Å². The van der Waals surface area contributed by atoms with Crippen molar-refractivity contribution in [3.05, 3.63) is 29.6 Å². The van der Waals surface area contributed by atoms with Crippen molar-refractivity contribution in [2.45, 2.75) is 65.9 Å². The summed E-state index contributed by atoms with van der Waals surface area (Å²) < 4.78 is 6.25. The van der Waals surface area contributed by atoms with Crippen molar-refractivity contribution in [2.75, 3.05) is 18.5 Å². The molecule has 3 rings (SSSR count). The second-order valence-corrected chi connectivity index (χ2v) is 10.7. The third kappa shape index (κ3) is 6.22. The highest BCUT2D eigenvalue weighted by atomic mass is 32.1. The lowest BCUT2D eigenvalue weighted by Crippen LogP contribution is -2.30. The number of hydrogen-bond acceptors (Lipinski definition) is 5. The van der Waals surface area contributed by atoms with Crippen LogP contribution >= 0.6 is 11.3 Å². The van der Waals surface area contributed by atoms with Gasteiger partial charge in [0.15, 0.2) is 5.13 Å². The number of thiazole rings is 1. The maximum atomic E-state index is 11.3. The molecule has 6 heteroatoms. The van der Waals surface area contributed by atoms with E-state index in [4.69, 9.17) is 9.72 Å². The van der Waals surface area contributed by atoms with E-state index in [1.165, 1.54) is 12.8 Å². The number of carboxylic acid groups (broad SMARTS) is 1. The maximum Gasteiger partial charge on any atom is 0.308 e. The van der Waals surface area contributed by atoms with Gasteiger partial charge >= 0.3 is 5.97 Å². The van der Waals surface area contributed by atoms with Gasteiger partial charge in [0.2, 0.25) is 0 Å². The molecule has 0 spiro atoms. The summed E-state index contributed by atoms with van der Waals surface area (Å²) in [6.45, 7) is 9.39. The van der Waals surface area contributed by atoms with Crippen LogP contribution in [0.5, 0.6) is 5.75 Å². The molecule has 1 aromatic heterocycles. The first-order valence-electron chi connectivity index (χ1n) is 11.3. The molecule has 1 atom stereocenters. The predicted octanol–water partition coefficient (Wildman–Crippen LogP) is 6.34. The number of rotatable bonds is 8. The molecular weight excluding hydrogens is 408 g/mol. The number of hydrogen-bond donors (Lipinski definition) is 1. The average molecular weight is 445 g/mol. The zero-order valence-electron chi connectivity index (χ0n) is 19.4. The van der Waals surface area contributed by atoms with Crippen LogP contribution in [0, 0.1) is 17.3 Å². The number of benzene rings is 1. The summed E-state index contributed by atoms with van der Waals surface area (Å²) in [6.07, 6.45) is 5.65. The summed E-state index contributed by atoms with van der Waals surface area (Å²) in [5.41, 5.74) is 2.34. The summed E-state index contributed by atoms with van der Waals surface area (Å²) in [4.78, 5) is 17.9. The van der Waals surface area contributed by atoms with Crippen molar-refractivity contribution in [1.29, 1.82) is 0 Å². The second-order valence-electron chi connectivity index (χ2n) is 9.82. The average Bonchev–Trinajstić information content (AvgIpc) is 3.22. The number of carbonyl (C=O) groups is 1. The quantitative estimate of drug-likeness (QED) is 0.515. The summed E-state index contributed by atoms with van der Waals surface area (Å²) in [6, 6.07) is 8.18. The Kier molecular flexibility index (Phi) is 7.63. The van der Waals surface area contributed by atoms with Gasteiger partial charge in [-0.1, -0.05) is 27.7 Å². The Morgan fingerprint density at radius 1 is 1.23 bits per heavy atom. The third-order valence-corrected chi connectivity index (χ3v) is 7.46. The van der Waals surface area contributed by atoms with E-state index in [1.54, 1.807) is 11.3 Å². The molecule has 1 heterocycles. The lowest BCUT2D eigenvalue weighted by atomic mass is 9.72. The number of nitrogens with zero attached hydrogens (tertiary/aromatic N) is 2. The fourth-order valence-electron chi connectivity index (χ4n) is 4.31. The number of anilines is 1. The van der Waals surface area contributed by atoms with Crippen molar-refractivity contribution in [1.82, 2.24) is 4.98 Å². The molecule has 0 radical (unpaired) electrons. The van der Waals surface area contributed by atoms with E-state index < -0.39 is 5.97 Å². The molecule has 1 aliphatic rings. The van der Waals surface area contributed by atoms with Gasteiger partial charge in [0, 0.05) is 24.5 Å². The number of carboxylic acids is 1. The van der Waals surface area contributed by atoms with E-state index in [0.717, 1.165) is 40.9 Å². The van der Waals surface area contributed by atoms with Crippen LogP contribution in [0.1, 0.15) is 59.8 Å². The molecule has 170 valence electrons. The third-order valence-electron chi connectivity index (χ3n) is 6.51. The SMILES string of the molecule is CCC(CN(C)c1nc(-c2ccc(O[C@H]3CC[C@H](C(C)(C)C)CC3)cc2)cs1)C(=O)O. The highest BCUT2D eigenvalue weighted by molar-refractivity contribution is 7.14. The standard InChI is InChI=1S/C25H36N2O3S/c1-6-17(23(28)29)15-27(5)24-26-22(16-31-24)18-7-11-20(12-8-18)30-21-13-9-19(10-14-21)25(2,3)4/h7-8,11-12,16-17,19,21H,6,9-10,13-15H2,1-5H3,(H,28,29)/t17?,19-,21-. The van der Waals surface area contributed by atoms with Crippen molar-refractivity contribution < 1.29 is 14.6 Å². The molecule has 1 aliphatic carbocycles. The van der Waals surface area contributed by atoms with Crippen LogP contribution in [-0.2, 0) is 4.79 Å². The van der Waals surface area contributed by atoms with E-state index in [1.807, 2.05) is 36.4 Å². The molecule has 1 saturated carbocycles. The van der Waals surface area contributed by atoms with E-state index in [2.05, 4.69) is 32.9 Å². The summed E-state index contributed by atoms with van der Waals surface area (Å²) >= 11 is 1.54. The Balaban J connectivity index is 1.57. The van der Waals surface area contributed by atoms with Crippen molar-refractivity contribution in [3.8, 4) is 17.0 Å². The lowest BCUT2D eigenvalue weighted by Gasteiger charge is -2.36. The Bertz CT molecular complexity index is 848. The predicted molar refractivity (Wildman–Crippen MR) is 128 cm³/mol. The molecule has 0 saturated heterocycles. The summed E-state index contributed by atoms with van der Waals surface area (Å²) in [5, 5.41) is 12.2. The highest BCUT2D eigenvalue weighted by Gasteiger charge is 2.30. The van der Waals surface area contributed by atoms with Crippen LogP contribution in [-0.4, -0.2) is 35.8 Å². The first-order valence-corrected chi connectivity index (χ1v) is 12.2. The molecule has 1 unspecified atom stereocenters. The normalized spacial score (nSPS) is 20.3. The molecular formula is C25H36N2O3S. The zero-order valence-corrected chi connectivity index (χ0v) is 20.2. The smallest absolute Gasteiger partial charge is 0.308 e. The van der Waals surface area contributed by atoms with Gasteiger partial charge in [-0.25, -0.2) is 4.98 Å². The minimum Gasteiger partial charge on any atom is -0.490 e. The van der Waals surface area contributed by atoms with Crippen LogP contribution < -0.4 is 9.64 Å². The lowest BCUT2D eigenvalue weighted by molar-refractivity contribution is -0.141. The molecule has 0 aliphatic heterocycles. The summed E-state index contributed by atoms with van der Waals surface area (Å²) in [5.74, 6) is 0.568. The fourth-order valence-corrected chi connectivity index (χ4v) is 5.12. The minimum atomic E-state index is -0.756. The largest absolute Gasteiger partial charge is 0.490 e. The van der Waals surface area contributed by atoms with Gasteiger partial charge in [0.05, 0.1) is 17.7 Å². The number of ether oxygens (including phenoxy) is 1. The molecule has 2 aromatic rings. The van der Waals surface area contributed by atoms with Gasteiger partial charge in [-0.05, 0) is 67.7 Å². The van der Waals surface area contributed by atoms with Crippen molar-refractivity contribution >= 4 is 22.4 Å². The zero-order chi connectivity index (χ0) is 22.6.